The van der Waals surface area contributed by atoms with Crippen LogP contribution in [-0.4, -0.2) is 20.7 Å². The molecule has 24 heavy (non-hydrogen) atoms. The fourth-order valence-electron chi connectivity index (χ4n) is 2.06. The van der Waals surface area contributed by atoms with E-state index in [0.29, 0.717) is 27.1 Å². The summed E-state index contributed by atoms with van der Waals surface area (Å²) in [5.74, 6) is 0.845. The monoisotopic (exact) mass is 407 g/mol. The van der Waals surface area contributed by atoms with Gasteiger partial charge in [0.15, 0.2) is 0 Å². The van der Waals surface area contributed by atoms with E-state index in [4.69, 9.17) is 23.2 Å². The highest BCUT2D eigenvalue weighted by atomic mass is 35.5. The zero-order valence-corrected chi connectivity index (χ0v) is 16.0. The molecule has 2 rings (SSSR count). The Labute approximate surface area is 155 Å². The largest absolute Gasteiger partial charge is 0.240 e. The molecule has 0 aliphatic carbocycles. The van der Waals surface area contributed by atoms with Gasteiger partial charge in [-0.25, -0.2) is 17.5 Å². The third kappa shape index (κ3) is 5.36. The van der Waals surface area contributed by atoms with Crippen molar-refractivity contribution in [1.82, 2.24) is 4.72 Å². The fraction of sp³-hybridized carbons (Fsp3) is 0.250. The van der Waals surface area contributed by atoms with Gasteiger partial charge in [0, 0.05) is 18.1 Å². The van der Waals surface area contributed by atoms with Crippen LogP contribution in [0.4, 0.5) is 4.39 Å². The molecule has 0 radical (unpaired) electrons. The predicted molar refractivity (Wildman–Crippen MR) is 98.9 cm³/mol. The first-order valence-corrected chi connectivity index (χ1v) is 10.5. The molecule has 130 valence electrons. The van der Waals surface area contributed by atoms with E-state index in [1.807, 2.05) is 6.07 Å². The van der Waals surface area contributed by atoms with Crippen molar-refractivity contribution in [3.8, 4) is 0 Å². The number of hydrogen-bond donors (Lipinski definition) is 1. The fourth-order valence-corrected chi connectivity index (χ4v) is 4.57. The zero-order valence-electron chi connectivity index (χ0n) is 12.9. The molecule has 0 bridgehead atoms. The van der Waals surface area contributed by atoms with E-state index in [1.54, 1.807) is 30.8 Å². The highest BCUT2D eigenvalue weighted by molar-refractivity contribution is 7.98. The molecule has 0 atom stereocenters. The van der Waals surface area contributed by atoms with Crippen LogP contribution in [0.3, 0.4) is 0 Å². The normalized spacial score (nSPS) is 11.7. The minimum Gasteiger partial charge on any atom is -0.210 e. The van der Waals surface area contributed by atoms with Crippen molar-refractivity contribution in [2.75, 3.05) is 12.3 Å². The van der Waals surface area contributed by atoms with E-state index in [-0.39, 0.29) is 11.4 Å². The summed E-state index contributed by atoms with van der Waals surface area (Å²) in [6.07, 6.45) is 0. The second-order valence-electron chi connectivity index (χ2n) is 5.11. The van der Waals surface area contributed by atoms with Gasteiger partial charge in [-0.15, -0.1) is 0 Å². The van der Waals surface area contributed by atoms with E-state index in [9.17, 15) is 12.8 Å². The molecule has 2 aromatic carbocycles. The van der Waals surface area contributed by atoms with Gasteiger partial charge in [0.25, 0.3) is 0 Å². The van der Waals surface area contributed by atoms with Gasteiger partial charge in [-0.2, -0.15) is 11.8 Å². The van der Waals surface area contributed by atoms with Crippen molar-refractivity contribution in [2.24, 2.45) is 0 Å². The topological polar surface area (TPSA) is 46.2 Å². The summed E-state index contributed by atoms with van der Waals surface area (Å²) < 4.78 is 40.0. The number of thioether (sulfide) groups is 1. The van der Waals surface area contributed by atoms with Gasteiger partial charge in [-0.05, 0) is 48.4 Å². The van der Waals surface area contributed by atoms with Crippen molar-refractivity contribution >= 4 is 45.0 Å². The molecule has 0 heterocycles. The lowest BCUT2D eigenvalue weighted by molar-refractivity contribution is 0.582. The minimum absolute atomic E-state index is 0.0957. The Morgan fingerprint density at radius 3 is 2.54 bits per heavy atom. The Bertz CT molecular complexity index is 829. The van der Waals surface area contributed by atoms with Crippen LogP contribution in [0.15, 0.2) is 41.3 Å². The SMILES string of the molecule is Cc1cc(F)ccc1S(=O)(=O)NCCSCc1ccc(Cl)c(Cl)c1. The van der Waals surface area contributed by atoms with Crippen LogP contribution in [0.5, 0.6) is 0 Å². The number of benzene rings is 2. The molecule has 0 aromatic heterocycles. The molecular formula is C16H16Cl2FNO2S2. The molecule has 0 aliphatic rings. The van der Waals surface area contributed by atoms with Crippen molar-refractivity contribution in [2.45, 2.75) is 17.6 Å². The maximum atomic E-state index is 13.1. The van der Waals surface area contributed by atoms with E-state index < -0.39 is 15.8 Å². The molecule has 1 N–H and O–H groups in total. The Hall–Kier alpha value is -0.790. The third-order valence-corrected chi connectivity index (χ3v) is 6.61. The van der Waals surface area contributed by atoms with E-state index >= 15 is 0 Å². The highest BCUT2D eigenvalue weighted by Crippen LogP contribution is 2.24. The third-order valence-electron chi connectivity index (χ3n) is 3.22. The van der Waals surface area contributed by atoms with E-state index in [1.165, 1.54) is 12.1 Å². The summed E-state index contributed by atoms with van der Waals surface area (Å²) in [5.41, 5.74) is 1.40. The maximum Gasteiger partial charge on any atom is 0.240 e. The summed E-state index contributed by atoms with van der Waals surface area (Å²) in [4.78, 5) is 0.0957. The van der Waals surface area contributed by atoms with E-state index in [0.717, 1.165) is 11.6 Å². The Morgan fingerprint density at radius 1 is 1.12 bits per heavy atom. The Balaban J connectivity index is 1.84. The molecule has 0 aliphatic heterocycles. The molecule has 0 saturated carbocycles. The molecule has 0 fully saturated rings. The van der Waals surface area contributed by atoms with Crippen molar-refractivity contribution in [1.29, 1.82) is 0 Å². The van der Waals surface area contributed by atoms with Crippen molar-refractivity contribution in [3.63, 3.8) is 0 Å². The Morgan fingerprint density at radius 2 is 1.88 bits per heavy atom. The lowest BCUT2D eigenvalue weighted by Crippen LogP contribution is -2.26. The smallest absolute Gasteiger partial charge is 0.210 e. The van der Waals surface area contributed by atoms with Crippen LogP contribution in [0.2, 0.25) is 10.0 Å². The molecule has 2 aromatic rings. The second kappa shape index (κ2) is 8.54. The van der Waals surface area contributed by atoms with Crippen LogP contribution in [0.25, 0.3) is 0 Å². The van der Waals surface area contributed by atoms with Crippen LogP contribution in [0, 0.1) is 12.7 Å². The first-order valence-electron chi connectivity index (χ1n) is 7.07. The molecule has 3 nitrogen and oxygen atoms in total. The molecule has 0 amide bonds. The summed E-state index contributed by atoms with van der Waals surface area (Å²) in [6, 6.07) is 9.03. The van der Waals surface area contributed by atoms with Gasteiger partial charge in [0.1, 0.15) is 5.82 Å². The summed E-state index contributed by atoms with van der Waals surface area (Å²) in [7, 11) is -3.63. The van der Waals surface area contributed by atoms with Crippen LogP contribution in [-0.2, 0) is 15.8 Å². The van der Waals surface area contributed by atoms with Crippen LogP contribution >= 0.6 is 35.0 Å². The maximum absolute atomic E-state index is 13.1. The van der Waals surface area contributed by atoms with Gasteiger partial charge in [-0.3, -0.25) is 0 Å². The quantitative estimate of drug-likeness (QED) is 0.679. The molecule has 0 unspecified atom stereocenters. The van der Waals surface area contributed by atoms with Gasteiger partial charge in [0.05, 0.1) is 14.9 Å². The predicted octanol–water partition coefficient (Wildman–Crippen LogP) is 4.65. The minimum atomic E-state index is -3.63. The standard InChI is InChI=1S/C16H16Cl2FNO2S2/c1-11-8-13(19)3-5-16(11)24(21,22)20-6-7-23-10-12-2-4-14(17)15(18)9-12/h2-5,8-9,20H,6-7,10H2,1H3. The molecule has 0 spiro atoms. The van der Waals surface area contributed by atoms with Gasteiger partial charge >= 0.3 is 0 Å². The summed E-state index contributed by atoms with van der Waals surface area (Å²) in [6.45, 7) is 1.85. The van der Waals surface area contributed by atoms with Crippen molar-refractivity contribution in [3.05, 3.63) is 63.4 Å². The summed E-state index contributed by atoms with van der Waals surface area (Å²) >= 11 is 13.4. The number of rotatable bonds is 7. The molecular weight excluding hydrogens is 392 g/mol. The first-order chi connectivity index (χ1) is 11.3. The zero-order chi connectivity index (χ0) is 17.7. The average molecular weight is 408 g/mol. The second-order valence-corrected chi connectivity index (χ2v) is 8.76. The first kappa shape index (κ1) is 19.5. The lowest BCUT2D eigenvalue weighted by Gasteiger charge is -2.09. The molecule has 8 heteroatoms. The number of sulfonamides is 1. The average Bonchev–Trinajstić information content (AvgIpc) is 2.50. The molecule has 0 saturated heterocycles. The van der Waals surface area contributed by atoms with Crippen LogP contribution < -0.4 is 4.72 Å². The van der Waals surface area contributed by atoms with Gasteiger partial charge in [0.2, 0.25) is 10.0 Å². The van der Waals surface area contributed by atoms with Gasteiger partial charge < -0.3 is 0 Å². The highest BCUT2D eigenvalue weighted by Gasteiger charge is 2.16. The number of halogens is 3. The summed E-state index contributed by atoms with van der Waals surface area (Å²) in [5, 5.41) is 1.01. The van der Waals surface area contributed by atoms with Crippen LogP contribution in [0.1, 0.15) is 11.1 Å². The number of hydrogen-bond acceptors (Lipinski definition) is 3. The number of aryl methyl sites for hydroxylation is 1. The number of nitrogens with one attached hydrogen (secondary N) is 1. The lowest BCUT2D eigenvalue weighted by atomic mass is 10.2. The van der Waals surface area contributed by atoms with Gasteiger partial charge in [-0.1, -0.05) is 29.3 Å². The van der Waals surface area contributed by atoms with E-state index in [2.05, 4.69) is 4.72 Å². The Kier molecular flexibility index (Phi) is 6.95. The van der Waals surface area contributed by atoms with Crippen molar-refractivity contribution < 1.29 is 12.8 Å².